The zero-order valence-corrected chi connectivity index (χ0v) is 15.4. The van der Waals surface area contributed by atoms with Gasteiger partial charge in [-0.3, -0.25) is 24.3 Å². The molecule has 0 radical (unpaired) electrons. The summed E-state index contributed by atoms with van der Waals surface area (Å²) < 4.78 is 1.16. The molecule has 1 amide bonds. The second kappa shape index (κ2) is 8.43. The average molecular weight is 380 g/mol. The lowest BCUT2D eigenvalue weighted by Gasteiger charge is -2.19. The Morgan fingerprint density at radius 1 is 1.25 bits per heavy atom. The molecular formula is C20H20N4O4. The van der Waals surface area contributed by atoms with Gasteiger partial charge in [-0.05, 0) is 18.1 Å². The van der Waals surface area contributed by atoms with Crippen LogP contribution in [0.25, 0.3) is 10.9 Å². The maximum Gasteiger partial charge on any atom is 0.270 e. The Labute approximate surface area is 161 Å². The first-order valence-corrected chi connectivity index (χ1v) is 8.97. The summed E-state index contributed by atoms with van der Waals surface area (Å²) in [5.74, 6) is -0.323. The van der Waals surface area contributed by atoms with Gasteiger partial charge in [0.25, 0.3) is 11.2 Å². The van der Waals surface area contributed by atoms with E-state index in [1.807, 2.05) is 37.3 Å². The number of aromatic nitrogens is 2. The number of nitrogens with zero attached hydrogens (tertiary/aromatic N) is 3. The minimum absolute atomic E-state index is 0.109. The number of carbonyl (C=O) groups excluding carboxylic acids is 1. The molecule has 0 fully saturated rings. The van der Waals surface area contributed by atoms with Crippen molar-refractivity contribution >= 4 is 22.5 Å². The van der Waals surface area contributed by atoms with Gasteiger partial charge in [0.2, 0.25) is 5.91 Å². The van der Waals surface area contributed by atoms with Crippen LogP contribution >= 0.6 is 0 Å². The third kappa shape index (κ3) is 4.22. The van der Waals surface area contributed by atoms with Crippen LogP contribution in [0, 0.1) is 10.1 Å². The molecule has 8 heteroatoms. The van der Waals surface area contributed by atoms with Crippen LogP contribution in [0.5, 0.6) is 0 Å². The van der Waals surface area contributed by atoms with Gasteiger partial charge in [-0.15, -0.1) is 0 Å². The van der Waals surface area contributed by atoms with Crippen LogP contribution < -0.4 is 10.9 Å². The van der Waals surface area contributed by atoms with Crippen molar-refractivity contribution in [3.05, 3.63) is 80.9 Å². The first-order chi connectivity index (χ1) is 13.5. The number of fused-ring (bicyclic) bond motifs is 1. The topological polar surface area (TPSA) is 107 Å². The lowest BCUT2D eigenvalue weighted by Crippen LogP contribution is -2.34. The minimum atomic E-state index is -0.571. The molecule has 144 valence electrons. The molecule has 0 unspecified atom stereocenters. The molecule has 3 rings (SSSR count). The summed E-state index contributed by atoms with van der Waals surface area (Å²) in [5.41, 5.74) is 0.661. The highest BCUT2D eigenvalue weighted by atomic mass is 16.6. The summed E-state index contributed by atoms with van der Waals surface area (Å²) in [4.78, 5) is 39.7. The molecule has 0 aliphatic rings. The second-order valence-corrected chi connectivity index (χ2v) is 6.46. The Morgan fingerprint density at radius 2 is 2.00 bits per heavy atom. The Hall–Kier alpha value is -3.55. The summed E-state index contributed by atoms with van der Waals surface area (Å²) in [6, 6.07) is 13.4. The predicted molar refractivity (Wildman–Crippen MR) is 105 cm³/mol. The maximum absolute atomic E-state index is 12.6. The SMILES string of the molecule is CCC[C@@H](NC(=O)Cn1cnc2ccc([N+](=O)[O-])cc2c1=O)c1ccccc1. The fourth-order valence-corrected chi connectivity index (χ4v) is 3.06. The zero-order chi connectivity index (χ0) is 20.1. The van der Waals surface area contributed by atoms with Gasteiger partial charge < -0.3 is 5.32 Å². The van der Waals surface area contributed by atoms with E-state index in [9.17, 15) is 19.7 Å². The van der Waals surface area contributed by atoms with Crippen molar-refractivity contribution in [1.29, 1.82) is 0 Å². The van der Waals surface area contributed by atoms with Crippen molar-refractivity contribution in [3.8, 4) is 0 Å². The number of non-ortho nitro benzene ring substituents is 1. The van der Waals surface area contributed by atoms with E-state index in [1.165, 1.54) is 24.5 Å². The van der Waals surface area contributed by atoms with Gasteiger partial charge in [0.15, 0.2) is 0 Å². The lowest BCUT2D eigenvalue weighted by molar-refractivity contribution is -0.384. The normalized spacial score (nSPS) is 11.9. The quantitative estimate of drug-likeness (QED) is 0.501. The standard InChI is InChI=1S/C20H20N4O4/c1-2-6-17(14-7-4-3-5-8-14)22-19(25)12-23-13-21-18-10-9-15(24(27)28)11-16(18)20(23)26/h3-5,7-11,13,17H,2,6,12H2,1H3,(H,22,25)/t17-/m1/s1. The molecule has 28 heavy (non-hydrogen) atoms. The zero-order valence-electron chi connectivity index (χ0n) is 15.4. The Balaban J connectivity index is 1.83. The van der Waals surface area contributed by atoms with E-state index in [0.29, 0.717) is 5.52 Å². The number of benzene rings is 2. The van der Waals surface area contributed by atoms with E-state index in [0.717, 1.165) is 23.0 Å². The number of nitro groups is 1. The average Bonchev–Trinajstić information content (AvgIpc) is 2.70. The van der Waals surface area contributed by atoms with Crippen LogP contribution in [0.1, 0.15) is 31.4 Å². The monoisotopic (exact) mass is 380 g/mol. The Bertz CT molecular complexity index is 1060. The number of hydrogen-bond donors (Lipinski definition) is 1. The van der Waals surface area contributed by atoms with Gasteiger partial charge in [-0.1, -0.05) is 43.7 Å². The Morgan fingerprint density at radius 3 is 2.68 bits per heavy atom. The van der Waals surface area contributed by atoms with Crippen LogP contribution in [0.15, 0.2) is 59.7 Å². The first kappa shape index (κ1) is 19.2. The van der Waals surface area contributed by atoms with Crippen LogP contribution in [-0.2, 0) is 11.3 Å². The van der Waals surface area contributed by atoms with Crippen LogP contribution in [0.2, 0.25) is 0 Å². The highest BCUT2D eigenvalue weighted by molar-refractivity contribution is 5.81. The van der Waals surface area contributed by atoms with Crippen molar-refractivity contribution in [2.45, 2.75) is 32.4 Å². The molecule has 0 bridgehead atoms. The highest BCUT2D eigenvalue weighted by Gasteiger charge is 2.16. The third-order valence-corrected chi connectivity index (χ3v) is 4.45. The minimum Gasteiger partial charge on any atom is -0.348 e. The van der Waals surface area contributed by atoms with E-state index in [1.54, 1.807) is 0 Å². The smallest absolute Gasteiger partial charge is 0.270 e. The van der Waals surface area contributed by atoms with Crippen molar-refractivity contribution < 1.29 is 9.72 Å². The van der Waals surface area contributed by atoms with E-state index in [4.69, 9.17) is 0 Å². The predicted octanol–water partition coefficient (Wildman–Crippen LogP) is 2.96. The molecule has 0 aliphatic carbocycles. The van der Waals surface area contributed by atoms with Crippen molar-refractivity contribution in [2.24, 2.45) is 0 Å². The molecular weight excluding hydrogens is 360 g/mol. The molecule has 8 nitrogen and oxygen atoms in total. The van der Waals surface area contributed by atoms with Gasteiger partial charge in [0.1, 0.15) is 6.54 Å². The highest BCUT2D eigenvalue weighted by Crippen LogP contribution is 2.18. The van der Waals surface area contributed by atoms with Crippen molar-refractivity contribution in [2.75, 3.05) is 0 Å². The molecule has 0 saturated heterocycles. The fraction of sp³-hybridized carbons (Fsp3) is 0.250. The summed E-state index contributed by atoms with van der Waals surface area (Å²) in [6.07, 6.45) is 2.95. The van der Waals surface area contributed by atoms with Gasteiger partial charge in [0.05, 0.1) is 28.2 Å². The number of nitro benzene ring substituents is 1. The van der Waals surface area contributed by atoms with Gasteiger partial charge in [-0.2, -0.15) is 0 Å². The molecule has 1 aromatic heterocycles. The molecule has 0 saturated carbocycles. The number of carbonyl (C=O) groups is 1. The molecule has 0 aliphatic heterocycles. The van der Waals surface area contributed by atoms with E-state index in [2.05, 4.69) is 10.3 Å². The third-order valence-electron chi connectivity index (χ3n) is 4.45. The number of hydrogen-bond acceptors (Lipinski definition) is 5. The summed E-state index contributed by atoms with van der Waals surface area (Å²) in [7, 11) is 0. The number of amides is 1. The lowest BCUT2D eigenvalue weighted by atomic mass is 10.0. The van der Waals surface area contributed by atoms with E-state index >= 15 is 0 Å². The van der Waals surface area contributed by atoms with Crippen LogP contribution in [-0.4, -0.2) is 20.4 Å². The fourth-order valence-electron chi connectivity index (χ4n) is 3.06. The largest absolute Gasteiger partial charge is 0.348 e. The van der Waals surface area contributed by atoms with Gasteiger partial charge in [0, 0.05) is 12.1 Å². The summed E-state index contributed by atoms with van der Waals surface area (Å²) >= 11 is 0. The van der Waals surface area contributed by atoms with E-state index in [-0.39, 0.29) is 29.6 Å². The molecule has 3 aromatic rings. The summed E-state index contributed by atoms with van der Waals surface area (Å²) in [6.45, 7) is 1.82. The first-order valence-electron chi connectivity index (χ1n) is 8.97. The Kier molecular flexibility index (Phi) is 5.78. The molecule has 1 heterocycles. The van der Waals surface area contributed by atoms with E-state index < -0.39 is 10.5 Å². The van der Waals surface area contributed by atoms with Gasteiger partial charge in [-0.25, -0.2) is 4.98 Å². The number of rotatable bonds is 7. The van der Waals surface area contributed by atoms with Crippen LogP contribution in [0.4, 0.5) is 5.69 Å². The molecule has 1 atom stereocenters. The summed E-state index contributed by atoms with van der Waals surface area (Å²) in [5, 5.41) is 14.0. The van der Waals surface area contributed by atoms with Crippen LogP contribution in [0.3, 0.4) is 0 Å². The van der Waals surface area contributed by atoms with Crippen molar-refractivity contribution in [3.63, 3.8) is 0 Å². The van der Waals surface area contributed by atoms with Gasteiger partial charge >= 0.3 is 0 Å². The molecule has 0 spiro atoms. The molecule has 2 aromatic carbocycles. The van der Waals surface area contributed by atoms with Crippen molar-refractivity contribution in [1.82, 2.24) is 14.9 Å². The molecule has 1 N–H and O–H groups in total. The maximum atomic E-state index is 12.6. The number of nitrogens with one attached hydrogen (secondary N) is 1. The second-order valence-electron chi connectivity index (χ2n) is 6.46.